The van der Waals surface area contributed by atoms with E-state index in [4.69, 9.17) is 4.74 Å². The van der Waals surface area contributed by atoms with E-state index in [1.165, 1.54) is 0 Å². The molecule has 20 heavy (non-hydrogen) atoms. The minimum Gasteiger partial charge on any atom is -0.458 e. The smallest absolute Gasteiger partial charge is 0.333 e. The Hall–Kier alpha value is -2.35. The van der Waals surface area contributed by atoms with Gasteiger partial charge < -0.3 is 4.74 Å². The summed E-state index contributed by atoms with van der Waals surface area (Å²) in [5.74, 6) is -0.215. The van der Waals surface area contributed by atoms with Crippen LogP contribution in [0.15, 0.2) is 72.8 Å². The number of hydrogen-bond donors (Lipinski definition) is 0. The topological polar surface area (TPSA) is 26.3 Å². The van der Waals surface area contributed by atoms with Crippen LogP contribution in [-0.4, -0.2) is 12.1 Å². The van der Waals surface area contributed by atoms with Gasteiger partial charge in [0.15, 0.2) is 0 Å². The molecule has 1 unspecified atom stereocenters. The summed E-state index contributed by atoms with van der Waals surface area (Å²) in [5.41, 5.74) is 2.88. The minimum absolute atomic E-state index is 0.0561. The molecule has 2 nitrogen and oxygen atoms in total. The molecular formula is C18H16O2. The normalized spacial score (nSPS) is 18.4. The van der Waals surface area contributed by atoms with Gasteiger partial charge >= 0.3 is 5.97 Å². The number of carbonyl (C=O) groups is 1. The summed E-state index contributed by atoms with van der Waals surface area (Å²) in [4.78, 5) is 11.6. The van der Waals surface area contributed by atoms with Gasteiger partial charge in [0.1, 0.15) is 6.10 Å². The second-order valence-electron chi connectivity index (χ2n) is 5.05. The zero-order chi connectivity index (χ0) is 13.9. The number of hydrogen-bond acceptors (Lipinski definition) is 2. The van der Waals surface area contributed by atoms with E-state index < -0.39 is 0 Å². The molecule has 0 saturated carbocycles. The van der Waals surface area contributed by atoms with Crippen LogP contribution in [-0.2, 0) is 9.53 Å². The zero-order valence-corrected chi connectivity index (χ0v) is 11.2. The van der Waals surface area contributed by atoms with Crippen molar-refractivity contribution in [1.82, 2.24) is 0 Å². The second-order valence-corrected chi connectivity index (χ2v) is 5.05. The quantitative estimate of drug-likeness (QED) is 0.624. The van der Waals surface area contributed by atoms with Crippen LogP contribution in [0.2, 0.25) is 0 Å². The first-order chi connectivity index (χ1) is 9.75. The Balaban J connectivity index is 2.01. The molecule has 0 N–H and O–H groups in total. The molecule has 1 fully saturated rings. The molecule has 100 valence electrons. The Kier molecular flexibility index (Phi) is 3.38. The summed E-state index contributed by atoms with van der Waals surface area (Å²) in [6.45, 7) is 3.78. The molecule has 1 aliphatic rings. The van der Waals surface area contributed by atoms with Crippen molar-refractivity contribution in [2.75, 3.05) is 0 Å². The van der Waals surface area contributed by atoms with Crippen LogP contribution < -0.4 is 0 Å². The lowest BCUT2D eigenvalue weighted by Crippen LogP contribution is -2.19. The van der Waals surface area contributed by atoms with Crippen LogP contribution >= 0.6 is 0 Å². The standard InChI is InChI=1S/C18H16O2/c1-13-12-16(20-18(13)19)17(14-8-4-2-5-9-14)15-10-6-3-7-11-15/h2-11,16-17H,1,12H2. The van der Waals surface area contributed by atoms with E-state index in [2.05, 4.69) is 30.8 Å². The maximum atomic E-state index is 11.6. The number of ether oxygens (including phenoxy) is 1. The van der Waals surface area contributed by atoms with Crippen LogP contribution in [0.1, 0.15) is 23.5 Å². The molecule has 2 aromatic carbocycles. The van der Waals surface area contributed by atoms with Gasteiger partial charge in [0.05, 0.1) is 0 Å². The predicted molar refractivity (Wildman–Crippen MR) is 78.4 cm³/mol. The fourth-order valence-electron chi connectivity index (χ4n) is 2.72. The molecular weight excluding hydrogens is 248 g/mol. The van der Waals surface area contributed by atoms with Crippen molar-refractivity contribution in [2.24, 2.45) is 0 Å². The Morgan fingerprint density at radius 1 is 0.950 bits per heavy atom. The van der Waals surface area contributed by atoms with Gasteiger partial charge in [-0.05, 0) is 11.1 Å². The maximum absolute atomic E-state index is 11.6. The number of cyclic esters (lactones) is 1. The Morgan fingerprint density at radius 2 is 1.45 bits per heavy atom. The van der Waals surface area contributed by atoms with Crippen molar-refractivity contribution in [3.8, 4) is 0 Å². The maximum Gasteiger partial charge on any atom is 0.333 e. The van der Waals surface area contributed by atoms with Gasteiger partial charge in [0, 0.05) is 17.9 Å². The lowest BCUT2D eigenvalue weighted by atomic mass is 9.85. The summed E-state index contributed by atoms with van der Waals surface area (Å²) in [6, 6.07) is 20.3. The summed E-state index contributed by atoms with van der Waals surface area (Å²) in [7, 11) is 0. The zero-order valence-electron chi connectivity index (χ0n) is 11.2. The minimum atomic E-state index is -0.271. The van der Waals surface area contributed by atoms with Crippen molar-refractivity contribution in [3.63, 3.8) is 0 Å². The summed E-state index contributed by atoms with van der Waals surface area (Å²) < 4.78 is 5.51. The van der Waals surface area contributed by atoms with E-state index in [1.807, 2.05) is 36.4 Å². The number of esters is 1. The van der Waals surface area contributed by atoms with Crippen molar-refractivity contribution < 1.29 is 9.53 Å². The van der Waals surface area contributed by atoms with Gasteiger partial charge in [0.2, 0.25) is 0 Å². The van der Waals surface area contributed by atoms with Crippen LogP contribution in [0.3, 0.4) is 0 Å². The van der Waals surface area contributed by atoms with Gasteiger partial charge in [-0.3, -0.25) is 0 Å². The summed E-state index contributed by atoms with van der Waals surface area (Å²) in [6.07, 6.45) is 0.424. The molecule has 0 aromatic heterocycles. The van der Waals surface area contributed by atoms with Gasteiger partial charge in [-0.2, -0.15) is 0 Å². The predicted octanol–water partition coefficient (Wildman–Crippen LogP) is 3.69. The molecule has 0 amide bonds. The number of benzene rings is 2. The molecule has 1 heterocycles. The average Bonchev–Trinajstić information content (AvgIpc) is 2.81. The Bertz CT molecular complexity index is 561. The lowest BCUT2D eigenvalue weighted by molar-refractivity contribution is -0.139. The fraction of sp³-hybridized carbons (Fsp3) is 0.167. The highest BCUT2D eigenvalue weighted by atomic mass is 16.5. The van der Waals surface area contributed by atoms with Crippen molar-refractivity contribution in [3.05, 3.63) is 83.9 Å². The molecule has 0 bridgehead atoms. The first-order valence-corrected chi connectivity index (χ1v) is 6.74. The third kappa shape index (κ3) is 2.37. The molecule has 1 saturated heterocycles. The van der Waals surface area contributed by atoms with Crippen LogP contribution in [0.4, 0.5) is 0 Å². The summed E-state index contributed by atoms with van der Waals surface area (Å²) >= 11 is 0. The first kappa shape index (κ1) is 12.7. The second kappa shape index (κ2) is 5.33. The SMILES string of the molecule is C=C1CC(C(c2ccccc2)c2ccccc2)OC1=O. The molecule has 1 atom stereocenters. The molecule has 2 heteroatoms. The number of rotatable bonds is 3. The van der Waals surface area contributed by atoms with E-state index in [1.54, 1.807) is 0 Å². The van der Waals surface area contributed by atoms with Crippen molar-refractivity contribution >= 4 is 5.97 Å². The average molecular weight is 264 g/mol. The van der Waals surface area contributed by atoms with E-state index in [9.17, 15) is 4.79 Å². The highest BCUT2D eigenvalue weighted by Gasteiger charge is 2.35. The highest BCUT2D eigenvalue weighted by Crippen LogP contribution is 2.36. The number of carbonyl (C=O) groups excluding carboxylic acids is 1. The first-order valence-electron chi connectivity index (χ1n) is 6.74. The Labute approximate surface area is 118 Å². The van der Waals surface area contributed by atoms with Gasteiger partial charge in [-0.15, -0.1) is 0 Å². The van der Waals surface area contributed by atoms with Gasteiger partial charge in [0.25, 0.3) is 0 Å². The van der Waals surface area contributed by atoms with Crippen molar-refractivity contribution in [2.45, 2.75) is 18.4 Å². The third-order valence-electron chi connectivity index (χ3n) is 3.68. The van der Waals surface area contributed by atoms with Crippen LogP contribution in [0, 0.1) is 0 Å². The lowest BCUT2D eigenvalue weighted by Gasteiger charge is -2.23. The Morgan fingerprint density at radius 3 is 1.85 bits per heavy atom. The molecule has 0 aliphatic carbocycles. The van der Waals surface area contributed by atoms with E-state index >= 15 is 0 Å². The highest BCUT2D eigenvalue weighted by molar-refractivity contribution is 5.90. The summed E-state index contributed by atoms with van der Waals surface area (Å²) in [5, 5.41) is 0. The van der Waals surface area contributed by atoms with Gasteiger partial charge in [-0.25, -0.2) is 4.79 Å². The molecule has 2 aromatic rings. The van der Waals surface area contributed by atoms with Crippen LogP contribution in [0.25, 0.3) is 0 Å². The third-order valence-corrected chi connectivity index (χ3v) is 3.68. The molecule has 0 radical (unpaired) electrons. The fourth-order valence-corrected chi connectivity index (χ4v) is 2.72. The van der Waals surface area contributed by atoms with Crippen LogP contribution in [0.5, 0.6) is 0 Å². The van der Waals surface area contributed by atoms with Crippen molar-refractivity contribution in [1.29, 1.82) is 0 Å². The molecule has 1 aliphatic heterocycles. The van der Waals surface area contributed by atoms with E-state index in [-0.39, 0.29) is 18.0 Å². The monoisotopic (exact) mass is 264 g/mol. The van der Waals surface area contributed by atoms with Gasteiger partial charge in [-0.1, -0.05) is 67.2 Å². The van der Waals surface area contributed by atoms with E-state index in [0.29, 0.717) is 12.0 Å². The molecule has 3 rings (SSSR count). The molecule has 0 spiro atoms. The largest absolute Gasteiger partial charge is 0.458 e. The van der Waals surface area contributed by atoms with E-state index in [0.717, 1.165) is 11.1 Å².